The van der Waals surface area contributed by atoms with Gasteiger partial charge in [-0.15, -0.1) is 0 Å². The molecular formula is C17H27N3O3. The Morgan fingerprint density at radius 3 is 2.26 bits per heavy atom. The molecule has 6 nitrogen and oxygen atoms in total. The van der Waals surface area contributed by atoms with Crippen LogP contribution in [-0.4, -0.2) is 20.6 Å². The number of carbonyl (C=O) groups excluding carboxylic acids is 1. The molecule has 0 aliphatic heterocycles. The third-order valence-electron chi connectivity index (χ3n) is 3.32. The number of aromatic nitrogens is 2. The molecule has 0 radical (unpaired) electrons. The van der Waals surface area contributed by atoms with Crippen LogP contribution in [0.1, 0.15) is 46.6 Å². The van der Waals surface area contributed by atoms with Crippen LogP contribution in [0.4, 0.5) is 0 Å². The summed E-state index contributed by atoms with van der Waals surface area (Å²) in [6.45, 7) is 10.3. The molecule has 1 heterocycles. The molecule has 0 fully saturated rings. The molecule has 23 heavy (non-hydrogen) atoms. The molecule has 0 bridgehead atoms. The van der Waals surface area contributed by atoms with Gasteiger partial charge in [-0.2, -0.15) is 0 Å². The van der Waals surface area contributed by atoms with Gasteiger partial charge in [0.15, 0.2) is 0 Å². The molecule has 0 saturated heterocycles. The molecule has 0 saturated carbocycles. The molecule has 1 N–H and O–H groups in total. The van der Waals surface area contributed by atoms with Crippen LogP contribution in [0.5, 0.6) is 0 Å². The first-order valence-electron chi connectivity index (χ1n) is 7.59. The van der Waals surface area contributed by atoms with Crippen molar-refractivity contribution >= 4 is 12.0 Å². The summed E-state index contributed by atoms with van der Waals surface area (Å²) < 4.78 is 2.32. The van der Waals surface area contributed by atoms with Crippen molar-refractivity contribution in [3.63, 3.8) is 0 Å². The normalized spacial score (nSPS) is 12.7. The summed E-state index contributed by atoms with van der Waals surface area (Å²) in [7, 11) is 2.97. The highest BCUT2D eigenvalue weighted by Gasteiger charge is 2.26. The molecule has 0 aliphatic carbocycles. The molecule has 0 aliphatic rings. The van der Waals surface area contributed by atoms with E-state index < -0.39 is 11.2 Å². The smallest absolute Gasteiger partial charge is 0.330 e. The summed E-state index contributed by atoms with van der Waals surface area (Å²) in [6, 6.07) is 0. The van der Waals surface area contributed by atoms with E-state index in [9.17, 15) is 14.4 Å². The average molecular weight is 321 g/mol. The van der Waals surface area contributed by atoms with Crippen LogP contribution in [0.3, 0.4) is 0 Å². The molecule has 1 amide bonds. The first-order chi connectivity index (χ1) is 10.3. The van der Waals surface area contributed by atoms with E-state index in [1.54, 1.807) is 7.05 Å². The minimum Gasteiger partial charge on any atom is -0.348 e. The predicted octanol–water partition coefficient (Wildman–Crippen LogP) is 1.43. The van der Waals surface area contributed by atoms with Gasteiger partial charge in [0.1, 0.15) is 0 Å². The van der Waals surface area contributed by atoms with Crippen LogP contribution in [0.2, 0.25) is 0 Å². The van der Waals surface area contributed by atoms with Gasteiger partial charge < -0.3 is 9.88 Å². The summed E-state index contributed by atoms with van der Waals surface area (Å²) in [6.07, 6.45) is 5.01. The topological polar surface area (TPSA) is 73.1 Å². The highest BCUT2D eigenvalue weighted by Crippen LogP contribution is 2.26. The molecule has 0 aromatic carbocycles. The highest BCUT2D eigenvalue weighted by molar-refractivity contribution is 5.92. The Kier molecular flexibility index (Phi) is 5.40. The van der Waals surface area contributed by atoms with Crippen molar-refractivity contribution in [2.75, 3.05) is 0 Å². The Morgan fingerprint density at radius 1 is 1.17 bits per heavy atom. The van der Waals surface area contributed by atoms with E-state index in [-0.39, 0.29) is 16.9 Å². The third-order valence-corrected chi connectivity index (χ3v) is 3.32. The molecule has 1 aromatic rings. The van der Waals surface area contributed by atoms with E-state index in [1.165, 1.54) is 30.0 Å². The van der Waals surface area contributed by atoms with E-state index in [1.807, 2.05) is 13.8 Å². The van der Waals surface area contributed by atoms with Crippen LogP contribution in [0, 0.1) is 5.41 Å². The molecular weight excluding hydrogens is 294 g/mol. The van der Waals surface area contributed by atoms with Gasteiger partial charge in [-0.05, 0) is 31.8 Å². The predicted molar refractivity (Wildman–Crippen MR) is 92.3 cm³/mol. The lowest BCUT2D eigenvalue weighted by atomic mass is 9.82. The van der Waals surface area contributed by atoms with E-state index in [4.69, 9.17) is 0 Å². The summed E-state index contributed by atoms with van der Waals surface area (Å²) in [5.41, 5.74) is -0.796. The van der Waals surface area contributed by atoms with Crippen LogP contribution in [0.25, 0.3) is 6.08 Å². The number of nitrogens with zero attached hydrogens (tertiary/aromatic N) is 2. The van der Waals surface area contributed by atoms with E-state index in [2.05, 4.69) is 26.1 Å². The lowest BCUT2D eigenvalue weighted by Gasteiger charge is -2.32. The van der Waals surface area contributed by atoms with Gasteiger partial charge in [-0.25, -0.2) is 4.79 Å². The fourth-order valence-corrected chi connectivity index (χ4v) is 2.86. The second kappa shape index (κ2) is 6.56. The lowest BCUT2D eigenvalue weighted by Crippen LogP contribution is -2.45. The van der Waals surface area contributed by atoms with Crippen molar-refractivity contribution < 1.29 is 4.79 Å². The number of nitrogens with one attached hydrogen (secondary N) is 1. The Hall–Kier alpha value is -2.11. The minimum absolute atomic E-state index is 0.0914. The quantitative estimate of drug-likeness (QED) is 0.853. The van der Waals surface area contributed by atoms with Gasteiger partial charge >= 0.3 is 5.69 Å². The summed E-state index contributed by atoms with van der Waals surface area (Å²) >= 11 is 0. The Bertz CT molecular complexity index is 731. The van der Waals surface area contributed by atoms with Gasteiger partial charge in [0.25, 0.3) is 5.56 Å². The number of hydrogen-bond acceptors (Lipinski definition) is 3. The average Bonchev–Trinajstić information content (AvgIpc) is 2.35. The van der Waals surface area contributed by atoms with Gasteiger partial charge in [-0.3, -0.25) is 14.2 Å². The summed E-state index contributed by atoms with van der Waals surface area (Å²) in [4.78, 5) is 35.7. The second-order valence-corrected chi connectivity index (χ2v) is 7.79. The van der Waals surface area contributed by atoms with E-state index in [0.717, 1.165) is 11.0 Å². The van der Waals surface area contributed by atoms with Gasteiger partial charge in [0, 0.05) is 31.9 Å². The lowest BCUT2D eigenvalue weighted by molar-refractivity contribution is -0.118. The third kappa shape index (κ3) is 5.54. The van der Waals surface area contributed by atoms with Crippen molar-refractivity contribution in [2.24, 2.45) is 19.5 Å². The van der Waals surface area contributed by atoms with Gasteiger partial charge in [-0.1, -0.05) is 20.8 Å². The van der Waals surface area contributed by atoms with Crippen molar-refractivity contribution in [1.29, 1.82) is 0 Å². The van der Waals surface area contributed by atoms with Crippen molar-refractivity contribution in [1.82, 2.24) is 14.5 Å². The summed E-state index contributed by atoms with van der Waals surface area (Å²) in [5.74, 6) is -0.268. The van der Waals surface area contributed by atoms with Crippen LogP contribution in [-0.2, 0) is 18.9 Å². The largest absolute Gasteiger partial charge is 0.348 e. The van der Waals surface area contributed by atoms with Crippen molar-refractivity contribution in [3.05, 3.63) is 38.7 Å². The van der Waals surface area contributed by atoms with Crippen LogP contribution >= 0.6 is 0 Å². The maximum Gasteiger partial charge on any atom is 0.330 e. The Balaban J connectivity index is 2.93. The first kappa shape index (κ1) is 18.9. The van der Waals surface area contributed by atoms with Gasteiger partial charge in [0.2, 0.25) is 5.91 Å². The zero-order valence-corrected chi connectivity index (χ0v) is 15.1. The van der Waals surface area contributed by atoms with E-state index >= 15 is 0 Å². The molecule has 0 unspecified atom stereocenters. The van der Waals surface area contributed by atoms with Crippen LogP contribution in [0.15, 0.2) is 21.9 Å². The molecule has 6 heteroatoms. The van der Waals surface area contributed by atoms with Crippen molar-refractivity contribution in [3.8, 4) is 0 Å². The first-order valence-corrected chi connectivity index (χ1v) is 7.59. The maximum atomic E-state index is 12.1. The monoisotopic (exact) mass is 321 g/mol. The fraction of sp³-hybridized carbons (Fsp3) is 0.588. The molecule has 1 aromatic heterocycles. The Morgan fingerprint density at radius 2 is 1.74 bits per heavy atom. The number of amides is 1. The SMILES string of the molecule is Cn1cc(/C=C/C(=O)NC(C)(C)CC(C)(C)C)c(=O)n(C)c1=O. The van der Waals surface area contributed by atoms with E-state index in [0.29, 0.717) is 5.56 Å². The fourth-order valence-electron chi connectivity index (χ4n) is 2.86. The molecule has 0 spiro atoms. The minimum atomic E-state index is -0.425. The molecule has 128 valence electrons. The van der Waals surface area contributed by atoms with Gasteiger partial charge in [0.05, 0.1) is 5.56 Å². The standard InChI is InChI=1S/C17H27N3O3/c1-16(2,3)11-17(4,5)18-13(21)9-8-12-10-19(6)15(23)20(7)14(12)22/h8-10H,11H2,1-7H3,(H,18,21)/b9-8+. The highest BCUT2D eigenvalue weighted by atomic mass is 16.2. The molecule has 0 atom stereocenters. The van der Waals surface area contributed by atoms with Crippen molar-refractivity contribution in [2.45, 2.75) is 46.6 Å². The molecule has 1 rings (SSSR count). The zero-order valence-electron chi connectivity index (χ0n) is 15.1. The number of aryl methyl sites for hydroxylation is 1. The maximum absolute atomic E-state index is 12.1. The number of hydrogen-bond donors (Lipinski definition) is 1. The summed E-state index contributed by atoms with van der Waals surface area (Å²) in [5, 5.41) is 2.94. The second-order valence-electron chi connectivity index (χ2n) is 7.79. The zero-order chi connectivity index (χ0) is 18.0. The number of rotatable bonds is 4. The van der Waals surface area contributed by atoms with Crippen LogP contribution < -0.4 is 16.6 Å². The number of carbonyl (C=O) groups is 1. The Labute approximate surface area is 136 Å².